The minimum absolute atomic E-state index is 0.0276. The van der Waals surface area contributed by atoms with Gasteiger partial charge in [0.1, 0.15) is 0 Å². The summed E-state index contributed by atoms with van der Waals surface area (Å²) in [6.45, 7) is 11.8. The van der Waals surface area contributed by atoms with Crippen LogP contribution in [0.15, 0.2) is 11.6 Å². The van der Waals surface area contributed by atoms with Crippen LogP contribution >= 0.6 is 11.3 Å². The van der Waals surface area contributed by atoms with Gasteiger partial charge in [-0.3, -0.25) is 4.40 Å². The van der Waals surface area contributed by atoms with E-state index in [2.05, 4.69) is 35.6 Å². The average Bonchev–Trinajstić information content (AvgIpc) is 3.08. The lowest BCUT2D eigenvalue weighted by atomic mass is 10.3. The Balaban J connectivity index is 2.06. The molecule has 0 amide bonds. The Morgan fingerprint density at radius 3 is 2.57 bits per heavy atom. The molecular weight excluding hydrogens is 284 g/mol. The van der Waals surface area contributed by atoms with E-state index >= 15 is 0 Å². The highest BCUT2D eigenvalue weighted by molar-refractivity contribution is 7.15. The number of hydrogen-bond donors (Lipinski definition) is 1. The van der Waals surface area contributed by atoms with Crippen LogP contribution in [0.3, 0.4) is 0 Å². The molecule has 0 unspecified atom stereocenters. The second-order valence-electron chi connectivity index (χ2n) is 5.06. The van der Waals surface area contributed by atoms with Crippen molar-refractivity contribution in [1.29, 1.82) is 0 Å². The van der Waals surface area contributed by atoms with Gasteiger partial charge in [0.2, 0.25) is 0 Å². The summed E-state index contributed by atoms with van der Waals surface area (Å²) in [6.07, 6.45) is 3.09. The summed E-state index contributed by atoms with van der Waals surface area (Å²) in [5.41, 5.74) is 0.899. The number of anilines is 1. The zero-order valence-electron chi connectivity index (χ0n) is 13.2. The van der Waals surface area contributed by atoms with Crippen LogP contribution in [0.5, 0.6) is 0 Å². The summed E-state index contributed by atoms with van der Waals surface area (Å²) < 4.78 is 1.99. The molecule has 0 saturated carbocycles. The van der Waals surface area contributed by atoms with Crippen LogP contribution in [-0.2, 0) is 6.61 Å². The van der Waals surface area contributed by atoms with Gasteiger partial charge >= 0.3 is 0 Å². The normalized spacial score (nSPS) is 11.7. The van der Waals surface area contributed by atoms with Crippen LogP contribution in [0.1, 0.15) is 32.9 Å². The number of imidazole rings is 1. The van der Waals surface area contributed by atoms with E-state index in [1.807, 2.05) is 16.0 Å². The highest BCUT2D eigenvalue weighted by Gasteiger charge is 2.17. The van der Waals surface area contributed by atoms with Gasteiger partial charge in [-0.1, -0.05) is 13.8 Å². The molecule has 1 N–H and O–H groups in total. The van der Waals surface area contributed by atoms with E-state index in [9.17, 15) is 5.11 Å². The van der Waals surface area contributed by atoms with Crippen molar-refractivity contribution in [1.82, 2.24) is 14.3 Å². The van der Waals surface area contributed by atoms with Crippen molar-refractivity contribution in [2.75, 3.05) is 37.6 Å². The van der Waals surface area contributed by atoms with Crippen LogP contribution in [0.25, 0.3) is 4.96 Å². The monoisotopic (exact) mass is 310 g/mol. The minimum atomic E-state index is 0.0276. The topological polar surface area (TPSA) is 44.0 Å². The third-order valence-corrected chi connectivity index (χ3v) is 4.72. The fourth-order valence-corrected chi connectivity index (χ4v) is 3.39. The lowest BCUT2D eigenvalue weighted by molar-refractivity contribution is 0.276. The van der Waals surface area contributed by atoms with Gasteiger partial charge in [0.05, 0.1) is 12.3 Å². The zero-order valence-corrected chi connectivity index (χ0v) is 14.1. The predicted octanol–water partition coefficient (Wildman–Crippen LogP) is 2.45. The molecular formula is C15H26N4OS. The molecule has 0 spiro atoms. The highest BCUT2D eigenvalue weighted by Crippen LogP contribution is 2.24. The molecule has 2 rings (SSSR count). The molecule has 0 radical (unpaired) electrons. The van der Waals surface area contributed by atoms with Crippen molar-refractivity contribution in [2.45, 2.75) is 33.8 Å². The van der Waals surface area contributed by atoms with E-state index in [1.54, 1.807) is 11.3 Å². The lowest BCUT2D eigenvalue weighted by Gasteiger charge is -2.24. The molecule has 2 heterocycles. The summed E-state index contributed by atoms with van der Waals surface area (Å²) in [7, 11) is 0. The van der Waals surface area contributed by atoms with E-state index < -0.39 is 0 Å². The van der Waals surface area contributed by atoms with Gasteiger partial charge in [-0.15, -0.1) is 11.3 Å². The van der Waals surface area contributed by atoms with Crippen molar-refractivity contribution in [3.05, 3.63) is 17.3 Å². The molecule has 0 aliphatic heterocycles. The molecule has 5 nitrogen and oxygen atoms in total. The molecule has 6 heteroatoms. The summed E-state index contributed by atoms with van der Waals surface area (Å²) >= 11 is 1.61. The number of aliphatic hydroxyl groups excluding tert-OH is 1. The smallest absolute Gasteiger partial charge is 0.195 e. The third kappa shape index (κ3) is 3.56. The fourth-order valence-electron chi connectivity index (χ4n) is 2.66. The number of nitrogens with zero attached hydrogens (tertiary/aromatic N) is 4. The van der Waals surface area contributed by atoms with Gasteiger partial charge in [-0.2, -0.15) is 0 Å². The molecule has 0 atom stereocenters. The zero-order chi connectivity index (χ0) is 15.2. The van der Waals surface area contributed by atoms with Gasteiger partial charge in [0.15, 0.2) is 10.8 Å². The fraction of sp³-hybridized carbons (Fsp3) is 0.667. The van der Waals surface area contributed by atoms with E-state index in [1.165, 1.54) is 0 Å². The maximum Gasteiger partial charge on any atom is 0.195 e. The molecule has 0 aliphatic rings. The van der Waals surface area contributed by atoms with Crippen LogP contribution in [0.2, 0.25) is 0 Å². The Morgan fingerprint density at radius 2 is 1.95 bits per heavy atom. The number of aliphatic hydroxyl groups is 1. The number of fused-ring (bicyclic) bond motifs is 1. The molecule has 0 saturated heterocycles. The summed E-state index contributed by atoms with van der Waals surface area (Å²) in [5.74, 6) is 0.936. The second-order valence-corrected chi connectivity index (χ2v) is 5.93. The van der Waals surface area contributed by atoms with Gasteiger partial charge in [-0.25, -0.2) is 4.98 Å². The minimum Gasteiger partial charge on any atom is -0.390 e. The Labute approximate surface area is 130 Å². The number of rotatable bonds is 9. The van der Waals surface area contributed by atoms with Gasteiger partial charge < -0.3 is 14.9 Å². The number of hydrogen-bond acceptors (Lipinski definition) is 5. The summed E-state index contributed by atoms with van der Waals surface area (Å²) in [4.78, 5) is 10.4. The van der Waals surface area contributed by atoms with Gasteiger partial charge in [0, 0.05) is 24.7 Å². The molecule has 118 valence electrons. The molecule has 0 aromatic carbocycles. The van der Waals surface area contributed by atoms with E-state index in [0.717, 1.165) is 55.6 Å². The van der Waals surface area contributed by atoms with E-state index in [0.29, 0.717) is 0 Å². The van der Waals surface area contributed by atoms with Crippen molar-refractivity contribution in [3.63, 3.8) is 0 Å². The first kappa shape index (κ1) is 16.3. The van der Waals surface area contributed by atoms with Crippen LogP contribution in [-0.4, -0.2) is 52.1 Å². The maximum atomic E-state index is 9.67. The standard InChI is InChI=1S/C15H26N4OS/c1-4-17(5-2)8-7-9-18(6-3)14-13(12-20)19-10-11-21-15(19)16-14/h10-11,20H,4-9,12H2,1-3H3. The number of thiazole rings is 1. The Bertz CT molecular complexity index is 547. The van der Waals surface area contributed by atoms with Crippen molar-refractivity contribution in [2.24, 2.45) is 0 Å². The SMILES string of the molecule is CCN(CC)CCCN(CC)c1nc2sccn2c1CO. The molecule has 0 bridgehead atoms. The Kier molecular flexibility index (Phi) is 6.02. The molecule has 2 aromatic rings. The van der Waals surface area contributed by atoms with Crippen LogP contribution in [0.4, 0.5) is 5.82 Å². The predicted molar refractivity (Wildman–Crippen MR) is 89.3 cm³/mol. The van der Waals surface area contributed by atoms with Crippen molar-refractivity contribution >= 4 is 22.1 Å². The maximum absolute atomic E-state index is 9.67. The van der Waals surface area contributed by atoms with Crippen LogP contribution in [0, 0.1) is 0 Å². The lowest BCUT2D eigenvalue weighted by Crippen LogP contribution is -2.30. The Morgan fingerprint density at radius 1 is 1.19 bits per heavy atom. The molecule has 21 heavy (non-hydrogen) atoms. The van der Waals surface area contributed by atoms with E-state index in [4.69, 9.17) is 0 Å². The Hall–Kier alpha value is -1.11. The van der Waals surface area contributed by atoms with E-state index in [-0.39, 0.29) is 6.61 Å². The molecule has 0 aliphatic carbocycles. The van der Waals surface area contributed by atoms with Gasteiger partial charge in [-0.05, 0) is 33.0 Å². The van der Waals surface area contributed by atoms with Crippen molar-refractivity contribution in [3.8, 4) is 0 Å². The summed E-state index contributed by atoms with van der Waals surface area (Å²) in [5, 5.41) is 11.7. The summed E-state index contributed by atoms with van der Waals surface area (Å²) in [6, 6.07) is 0. The van der Waals surface area contributed by atoms with Crippen molar-refractivity contribution < 1.29 is 5.11 Å². The van der Waals surface area contributed by atoms with Gasteiger partial charge in [0.25, 0.3) is 0 Å². The number of aromatic nitrogens is 2. The average molecular weight is 310 g/mol. The molecule has 0 fully saturated rings. The third-order valence-electron chi connectivity index (χ3n) is 3.97. The highest BCUT2D eigenvalue weighted by atomic mass is 32.1. The second kappa shape index (κ2) is 7.77. The molecule has 2 aromatic heterocycles. The largest absolute Gasteiger partial charge is 0.390 e. The quantitative estimate of drug-likeness (QED) is 0.772. The first-order chi connectivity index (χ1) is 10.2. The van der Waals surface area contributed by atoms with Crippen LogP contribution < -0.4 is 4.90 Å². The first-order valence-corrected chi connectivity index (χ1v) is 8.65. The first-order valence-electron chi connectivity index (χ1n) is 7.77.